The van der Waals surface area contributed by atoms with Gasteiger partial charge in [-0.2, -0.15) is 0 Å². The molecule has 102 valence electrons. The van der Waals surface area contributed by atoms with Gasteiger partial charge in [0.25, 0.3) is 0 Å². The van der Waals surface area contributed by atoms with Gasteiger partial charge in [-0.25, -0.2) is 9.37 Å². The minimum absolute atomic E-state index is 0.325. The number of rotatable bonds is 3. The lowest BCUT2D eigenvalue weighted by atomic mass is 10.1. The quantitative estimate of drug-likeness (QED) is 0.782. The van der Waals surface area contributed by atoms with Crippen molar-refractivity contribution >= 4 is 33.2 Å². The highest BCUT2D eigenvalue weighted by molar-refractivity contribution is 7.18. The summed E-state index contributed by atoms with van der Waals surface area (Å²) in [6.07, 6.45) is 0.339. The predicted molar refractivity (Wildman–Crippen MR) is 81.7 cm³/mol. The van der Waals surface area contributed by atoms with Crippen LogP contribution >= 0.6 is 22.9 Å². The van der Waals surface area contributed by atoms with E-state index in [1.165, 1.54) is 17.4 Å². The molecule has 0 aliphatic rings. The molecule has 0 aliphatic carbocycles. The third kappa shape index (κ3) is 2.54. The van der Waals surface area contributed by atoms with Crippen LogP contribution in [0.25, 0.3) is 10.2 Å². The Bertz CT molecular complexity index is 703. The van der Waals surface area contributed by atoms with E-state index in [1.54, 1.807) is 12.1 Å². The second-order valence-electron chi connectivity index (χ2n) is 4.53. The van der Waals surface area contributed by atoms with Gasteiger partial charge in [0.1, 0.15) is 10.8 Å². The molecule has 0 amide bonds. The normalized spacial score (nSPS) is 12.8. The van der Waals surface area contributed by atoms with Gasteiger partial charge in [-0.15, -0.1) is 11.3 Å². The number of thiazole rings is 1. The maximum atomic E-state index is 13.8. The van der Waals surface area contributed by atoms with Crippen molar-refractivity contribution in [3.63, 3.8) is 0 Å². The molecule has 2 nitrogen and oxygen atoms in total. The highest BCUT2D eigenvalue weighted by Crippen LogP contribution is 2.29. The molecule has 20 heavy (non-hydrogen) atoms. The van der Waals surface area contributed by atoms with Crippen molar-refractivity contribution < 1.29 is 4.39 Å². The van der Waals surface area contributed by atoms with Crippen LogP contribution in [0.1, 0.15) is 16.6 Å². The van der Waals surface area contributed by atoms with Gasteiger partial charge in [0.2, 0.25) is 0 Å². The molecule has 0 fully saturated rings. The smallest absolute Gasteiger partial charge is 0.127 e. The van der Waals surface area contributed by atoms with Crippen LogP contribution in [0.5, 0.6) is 0 Å². The van der Waals surface area contributed by atoms with Gasteiger partial charge in [-0.05, 0) is 30.7 Å². The van der Waals surface area contributed by atoms with Gasteiger partial charge in [0, 0.05) is 10.6 Å². The van der Waals surface area contributed by atoms with Crippen molar-refractivity contribution in [2.45, 2.75) is 12.5 Å². The largest absolute Gasteiger partial charge is 0.322 e. The highest BCUT2D eigenvalue weighted by atomic mass is 35.5. The summed E-state index contributed by atoms with van der Waals surface area (Å²) in [5, 5.41) is 1.20. The Kier molecular flexibility index (Phi) is 3.70. The second kappa shape index (κ2) is 5.48. The number of benzene rings is 2. The van der Waals surface area contributed by atoms with Gasteiger partial charge in [0.05, 0.1) is 16.3 Å². The number of nitrogens with two attached hydrogens (primary N) is 1. The first-order chi connectivity index (χ1) is 9.65. The number of para-hydroxylation sites is 1. The topological polar surface area (TPSA) is 38.9 Å². The van der Waals surface area contributed by atoms with Gasteiger partial charge in [-0.1, -0.05) is 29.8 Å². The lowest BCUT2D eigenvalue weighted by Gasteiger charge is -2.10. The monoisotopic (exact) mass is 306 g/mol. The highest BCUT2D eigenvalue weighted by Gasteiger charge is 2.16. The van der Waals surface area contributed by atoms with Crippen molar-refractivity contribution in [3.05, 3.63) is 63.9 Å². The Morgan fingerprint density at radius 1 is 1.20 bits per heavy atom. The molecule has 1 aromatic heterocycles. The van der Waals surface area contributed by atoms with E-state index in [2.05, 4.69) is 4.98 Å². The molecular formula is C15H12ClFN2S. The number of halogens is 2. The van der Waals surface area contributed by atoms with E-state index in [-0.39, 0.29) is 11.9 Å². The van der Waals surface area contributed by atoms with Gasteiger partial charge in [0.15, 0.2) is 0 Å². The molecule has 1 heterocycles. The third-order valence-corrected chi connectivity index (χ3v) is 4.64. The molecule has 0 saturated carbocycles. The fourth-order valence-corrected chi connectivity index (χ4v) is 3.29. The summed E-state index contributed by atoms with van der Waals surface area (Å²) in [6.45, 7) is 0. The number of aromatic nitrogens is 1. The SMILES string of the molecule is NC(Cc1c(F)cccc1Cl)c1nc2ccccc2s1. The summed E-state index contributed by atoms with van der Waals surface area (Å²) in [5.41, 5.74) is 7.52. The van der Waals surface area contributed by atoms with Gasteiger partial charge < -0.3 is 5.73 Å². The van der Waals surface area contributed by atoms with Gasteiger partial charge >= 0.3 is 0 Å². The van der Waals surface area contributed by atoms with Crippen LogP contribution < -0.4 is 5.73 Å². The summed E-state index contributed by atoms with van der Waals surface area (Å²) >= 11 is 7.56. The molecular weight excluding hydrogens is 295 g/mol. The lowest BCUT2D eigenvalue weighted by Crippen LogP contribution is -2.14. The minimum atomic E-state index is -0.359. The lowest BCUT2D eigenvalue weighted by molar-refractivity contribution is 0.593. The van der Waals surface area contributed by atoms with Crippen LogP contribution in [0.4, 0.5) is 4.39 Å². The summed E-state index contributed by atoms with van der Waals surface area (Å²) in [6, 6.07) is 12.1. The van der Waals surface area contributed by atoms with Crippen molar-refractivity contribution in [3.8, 4) is 0 Å². The second-order valence-corrected chi connectivity index (χ2v) is 6.00. The number of fused-ring (bicyclic) bond motifs is 1. The average molecular weight is 307 g/mol. The van der Waals surface area contributed by atoms with Crippen LogP contribution in [0.2, 0.25) is 5.02 Å². The summed E-state index contributed by atoms with van der Waals surface area (Å²) in [5.74, 6) is -0.325. The maximum absolute atomic E-state index is 13.8. The van der Waals surface area contributed by atoms with Crippen LogP contribution in [-0.2, 0) is 6.42 Å². The summed E-state index contributed by atoms with van der Waals surface area (Å²) in [4.78, 5) is 4.50. The maximum Gasteiger partial charge on any atom is 0.127 e. The average Bonchev–Trinajstić information content (AvgIpc) is 2.87. The van der Waals surface area contributed by atoms with E-state index < -0.39 is 0 Å². The molecule has 2 N–H and O–H groups in total. The van der Waals surface area contributed by atoms with E-state index in [4.69, 9.17) is 17.3 Å². The van der Waals surface area contributed by atoms with E-state index in [0.717, 1.165) is 15.2 Å². The Morgan fingerprint density at radius 3 is 2.75 bits per heavy atom. The van der Waals surface area contributed by atoms with Crippen molar-refractivity contribution in [1.29, 1.82) is 0 Å². The van der Waals surface area contributed by atoms with Crippen molar-refractivity contribution in [2.75, 3.05) is 0 Å². The molecule has 0 aliphatic heterocycles. The van der Waals surface area contributed by atoms with E-state index in [0.29, 0.717) is 17.0 Å². The van der Waals surface area contributed by atoms with Crippen LogP contribution in [-0.4, -0.2) is 4.98 Å². The van der Waals surface area contributed by atoms with Crippen LogP contribution in [0.15, 0.2) is 42.5 Å². The predicted octanol–water partition coefficient (Wildman–Crippen LogP) is 4.33. The standard InChI is InChI=1S/C15H12ClFN2S/c16-10-4-3-5-11(17)9(10)8-12(18)15-19-13-6-1-2-7-14(13)20-15/h1-7,12H,8,18H2. The number of hydrogen-bond donors (Lipinski definition) is 1. The third-order valence-electron chi connectivity index (χ3n) is 3.11. The van der Waals surface area contributed by atoms with E-state index in [1.807, 2.05) is 24.3 Å². The van der Waals surface area contributed by atoms with Gasteiger partial charge in [-0.3, -0.25) is 0 Å². The molecule has 3 rings (SSSR count). The van der Waals surface area contributed by atoms with Crippen LogP contribution in [0.3, 0.4) is 0 Å². The molecule has 0 bridgehead atoms. The first kappa shape index (κ1) is 13.5. The molecule has 5 heteroatoms. The van der Waals surface area contributed by atoms with E-state index >= 15 is 0 Å². The summed E-state index contributed by atoms with van der Waals surface area (Å²) in [7, 11) is 0. The Balaban J connectivity index is 1.91. The Labute approximate surface area is 125 Å². The molecule has 0 saturated heterocycles. The zero-order valence-electron chi connectivity index (χ0n) is 10.5. The zero-order chi connectivity index (χ0) is 14.1. The van der Waals surface area contributed by atoms with Crippen molar-refractivity contribution in [1.82, 2.24) is 4.98 Å². The molecule has 0 spiro atoms. The molecule has 1 unspecified atom stereocenters. The first-order valence-electron chi connectivity index (χ1n) is 6.19. The Hall–Kier alpha value is -1.49. The summed E-state index contributed by atoms with van der Waals surface area (Å²) < 4.78 is 14.9. The Morgan fingerprint density at radius 2 is 2.00 bits per heavy atom. The van der Waals surface area contributed by atoms with E-state index in [9.17, 15) is 4.39 Å². The minimum Gasteiger partial charge on any atom is -0.322 e. The first-order valence-corrected chi connectivity index (χ1v) is 7.38. The molecule has 3 aromatic rings. The number of hydrogen-bond acceptors (Lipinski definition) is 3. The molecule has 2 aromatic carbocycles. The molecule has 1 atom stereocenters. The van der Waals surface area contributed by atoms with Crippen molar-refractivity contribution in [2.24, 2.45) is 5.73 Å². The van der Waals surface area contributed by atoms with Crippen LogP contribution in [0, 0.1) is 5.82 Å². The number of nitrogens with zero attached hydrogens (tertiary/aromatic N) is 1. The molecule has 0 radical (unpaired) electrons. The fourth-order valence-electron chi connectivity index (χ4n) is 2.08. The zero-order valence-corrected chi connectivity index (χ0v) is 12.1. The fraction of sp³-hybridized carbons (Fsp3) is 0.133.